The predicted octanol–water partition coefficient (Wildman–Crippen LogP) is 3.53. The average Bonchev–Trinajstić information content (AvgIpc) is 3.17. The number of hydrogen-bond donors (Lipinski definition) is 1. The normalized spacial score (nSPS) is 22.0. The first-order valence-corrected chi connectivity index (χ1v) is 6.72. The monoisotopic (exact) mass is 215 g/mol. The van der Waals surface area contributed by atoms with Gasteiger partial charge >= 0.3 is 0 Å². The van der Waals surface area contributed by atoms with E-state index in [0.717, 1.165) is 11.8 Å². The van der Waals surface area contributed by atoms with E-state index in [0.29, 0.717) is 6.04 Å². The molecule has 0 heterocycles. The van der Waals surface area contributed by atoms with Crippen LogP contribution in [-0.2, 0) is 0 Å². The molecule has 1 N–H and O–H groups in total. The van der Waals surface area contributed by atoms with Crippen LogP contribution >= 0.6 is 0 Å². The van der Waals surface area contributed by atoms with E-state index in [1.807, 2.05) is 0 Å². The van der Waals surface area contributed by atoms with Gasteiger partial charge in [0.1, 0.15) is 0 Å². The SMILES string of the molecule is c1ccc(C(NCCC2CC2)C2CC2)cc1. The van der Waals surface area contributed by atoms with E-state index >= 15 is 0 Å². The Morgan fingerprint density at radius 2 is 1.81 bits per heavy atom. The first-order chi connectivity index (χ1) is 7.93. The molecule has 1 unspecified atom stereocenters. The highest BCUT2D eigenvalue weighted by Crippen LogP contribution is 2.41. The second-order valence-electron chi connectivity index (χ2n) is 5.41. The van der Waals surface area contributed by atoms with Gasteiger partial charge in [0, 0.05) is 6.04 Å². The minimum absolute atomic E-state index is 0.625. The molecule has 3 rings (SSSR count). The second kappa shape index (κ2) is 4.58. The molecule has 0 bridgehead atoms. The van der Waals surface area contributed by atoms with E-state index in [2.05, 4.69) is 35.6 Å². The zero-order chi connectivity index (χ0) is 10.8. The Balaban J connectivity index is 1.57. The summed E-state index contributed by atoms with van der Waals surface area (Å²) in [5.41, 5.74) is 1.49. The summed E-state index contributed by atoms with van der Waals surface area (Å²) in [6.07, 6.45) is 7.16. The summed E-state index contributed by atoms with van der Waals surface area (Å²) in [5, 5.41) is 3.77. The van der Waals surface area contributed by atoms with Gasteiger partial charge in [0.15, 0.2) is 0 Å². The lowest BCUT2D eigenvalue weighted by molar-refractivity contribution is 0.466. The summed E-state index contributed by atoms with van der Waals surface area (Å²) < 4.78 is 0. The molecule has 86 valence electrons. The van der Waals surface area contributed by atoms with E-state index in [9.17, 15) is 0 Å². The molecule has 0 aliphatic heterocycles. The van der Waals surface area contributed by atoms with Crippen LogP contribution < -0.4 is 5.32 Å². The van der Waals surface area contributed by atoms with Gasteiger partial charge in [-0.2, -0.15) is 0 Å². The largest absolute Gasteiger partial charge is 0.310 e. The van der Waals surface area contributed by atoms with Gasteiger partial charge in [0.2, 0.25) is 0 Å². The standard InChI is InChI=1S/C15H21N/c1-2-4-13(5-3-1)15(14-8-9-14)16-11-10-12-6-7-12/h1-5,12,14-16H,6-11H2. The fourth-order valence-electron chi connectivity index (χ4n) is 2.50. The van der Waals surface area contributed by atoms with Gasteiger partial charge in [0.05, 0.1) is 0 Å². The minimum Gasteiger partial charge on any atom is -0.310 e. The Morgan fingerprint density at radius 1 is 1.06 bits per heavy atom. The van der Waals surface area contributed by atoms with Crippen molar-refractivity contribution in [3.05, 3.63) is 35.9 Å². The fraction of sp³-hybridized carbons (Fsp3) is 0.600. The van der Waals surface area contributed by atoms with Gasteiger partial charge in [0.25, 0.3) is 0 Å². The summed E-state index contributed by atoms with van der Waals surface area (Å²) in [6, 6.07) is 11.6. The number of benzene rings is 1. The maximum atomic E-state index is 3.77. The Hall–Kier alpha value is -0.820. The second-order valence-corrected chi connectivity index (χ2v) is 5.41. The van der Waals surface area contributed by atoms with Gasteiger partial charge in [-0.15, -0.1) is 0 Å². The minimum atomic E-state index is 0.625. The predicted molar refractivity (Wildman–Crippen MR) is 67.3 cm³/mol. The molecule has 2 fully saturated rings. The van der Waals surface area contributed by atoms with Crippen LogP contribution in [0.2, 0.25) is 0 Å². The smallest absolute Gasteiger partial charge is 0.0348 e. The maximum Gasteiger partial charge on any atom is 0.0348 e. The van der Waals surface area contributed by atoms with Gasteiger partial charge in [-0.3, -0.25) is 0 Å². The molecule has 2 aliphatic rings. The third-order valence-corrected chi connectivity index (χ3v) is 3.87. The first kappa shape index (κ1) is 10.3. The summed E-state index contributed by atoms with van der Waals surface area (Å²) in [4.78, 5) is 0. The molecule has 1 atom stereocenters. The fourth-order valence-corrected chi connectivity index (χ4v) is 2.50. The van der Waals surface area contributed by atoms with Crippen molar-refractivity contribution in [2.24, 2.45) is 11.8 Å². The average molecular weight is 215 g/mol. The van der Waals surface area contributed by atoms with E-state index in [1.54, 1.807) is 0 Å². The molecule has 0 spiro atoms. The lowest BCUT2D eigenvalue weighted by atomic mass is 10.0. The van der Waals surface area contributed by atoms with Crippen molar-refractivity contribution in [3.63, 3.8) is 0 Å². The van der Waals surface area contributed by atoms with Gasteiger partial charge in [-0.25, -0.2) is 0 Å². The Bertz CT molecular complexity index is 325. The third-order valence-electron chi connectivity index (χ3n) is 3.87. The van der Waals surface area contributed by atoms with E-state index in [1.165, 1.54) is 44.2 Å². The molecule has 1 heteroatoms. The third kappa shape index (κ3) is 2.65. The summed E-state index contributed by atoms with van der Waals surface area (Å²) in [6.45, 7) is 1.21. The number of hydrogen-bond acceptors (Lipinski definition) is 1. The topological polar surface area (TPSA) is 12.0 Å². The van der Waals surface area contributed by atoms with Gasteiger partial charge < -0.3 is 5.32 Å². The molecule has 0 radical (unpaired) electrons. The van der Waals surface area contributed by atoms with Crippen LogP contribution in [0.5, 0.6) is 0 Å². The van der Waals surface area contributed by atoms with E-state index in [4.69, 9.17) is 0 Å². The van der Waals surface area contributed by atoms with Gasteiger partial charge in [-0.1, -0.05) is 43.2 Å². The van der Waals surface area contributed by atoms with Crippen LogP contribution in [0, 0.1) is 11.8 Å². The van der Waals surface area contributed by atoms with Crippen molar-refractivity contribution >= 4 is 0 Å². The van der Waals surface area contributed by atoms with Crippen molar-refractivity contribution in [1.82, 2.24) is 5.32 Å². The molecular formula is C15H21N. The highest BCUT2D eigenvalue weighted by molar-refractivity contribution is 5.21. The van der Waals surface area contributed by atoms with Crippen LogP contribution in [-0.4, -0.2) is 6.54 Å². The van der Waals surface area contributed by atoms with Crippen molar-refractivity contribution in [3.8, 4) is 0 Å². The van der Waals surface area contributed by atoms with Crippen molar-refractivity contribution in [2.45, 2.75) is 38.1 Å². The summed E-state index contributed by atoms with van der Waals surface area (Å²) >= 11 is 0. The Kier molecular flexibility index (Phi) is 2.96. The first-order valence-electron chi connectivity index (χ1n) is 6.72. The van der Waals surface area contributed by atoms with Gasteiger partial charge in [-0.05, 0) is 43.2 Å². The molecule has 2 aliphatic carbocycles. The van der Waals surface area contributed by atoms with Crippen molar-refractivity contribution < 1.29 is 0 Å². The highest BCUT2D eigenvalue weighted by atomic mass is 14.9. The lowest BCUT2D eigenvalue weighted by Gasteiger charge is -2.18. The molecule has 1 nitrogen and oxygen atoms in total. The number of rotatable bonds is 6. The van der Waals surface area contributed by atoms with Crippen molar-refractivity contribution in [1.29, 1.82) is 0 Å². The summed E-state index contributed by atoms with van der Waals surface area (Å²) in [7, 11) is 0. The van der Waals surface area contributed by atoms with Crippen LogP contribution in [0.4, 0.5) is 0 Å². The molecule has 1 aromatic carbocycles. The lowest BCUT2D eigenvalue weighted by Crippen LogP contribution is -2.24. The van der Waals surface area contributed by atoms with E-state index < -0.39 is 0 Å². The van der Waals surface area contributed by atoms with Crippen LogP contribution in [0.25, 0.3) is 0 Å². The highest BCUT2D eigenvalue weighted by Gasteiger charge is 2.32. The van der Waals surface area contributed by atoms with Crippen LogP contribution in [0.15, 0.2) is 30.3 Å². The molecule has 0 saturated heterocycles. The van der Waals surface area contributed by atoms with E-state index in [-0.39, 0.29) is 0 Å². The molecule has 16 heavy (non-hydrogen) atoms. The van der Waals surface area contributed by atoms with Crippen LogP contribution in [0.3, 0.4) is 0 Å². The zero-order valence-electron chi connectivity index (χ0n) is 9.86. The van der Waals surface area contributed by atoms with Crippen LogP contribution in [0.1, 0.15) is 43.7 Å². The summed E-state index contributed by atoms with van der Waals surface area (Å²) in [5.74, 6) is 1.95. The Morgan fingerprint density at radius 3 is 2.44 bits per heavy atom. The Labute approximate surface area is 98.3 Å². The quantitative estimate of drug-likeness (QED) is 0.765. The zero-order valence-corrected chi connectivity index (χ0v) is 9.86. The molecule has 0 aromatic heterocycles. The molecule has 1 aromatic rings. The van der Waals surface area contributed by atoms with Crippen molar-refractivity contribution in [2.75, 3.05) is 6.54 Å². The molecular weight excluding hydrogens is 194 g/mol. The maximum absolute atomic E-state index is 3.77. The molecule has 2 saturated carbocycles. The number of nitrogens with one attached hydrogen (secondary N) is 1. The molecule has 0 amide bonds.